The summed E-state index contributed by atoms with van der Waals surface area (Å²) in [5.74, 6) is 0.627. The lowest BCUT2D eigenvalue weighted by atomic mass is 10.3. The lowest BCUT2D eigenvalue weighted by molar-refractivity contribution is 0.262. The minimum atomic E-state index is 0.124. The van der Waals surface area contributed by atoms with Crippen molar-refractivity contribution in [3.63, 3.8) is 0 Å². The smallest absolute Gasteiger partial charge is 0.211 e. The molecule has 2 aliphatic rings. The van der Waals surface area contributed by atoms with E-state index in [0.29, 0.717) is 18.1 Å². The van der Waals surface area contributed by atoms with Crippen molar-refractivity contribution < 1.29 is 4.74 Å². The lowest BCUT2D eigenvalue weighted by Crippen LogP contribution is -2.03. The second kappa shape index (κ2) is 1.76. The Balaban J connectivity index is 2.46. The molecular formula is C6H5N3O. The molecule has 0 saturated carbocycles. The first-order valence-corrected chi connectivity index (χ1v) is 2.92. The van der Waals surface area contributed by atoms with Gasteiger partial charge < -0.3 is 4.74 Å². The summed E-state index contributed by atoms with van der Waals surface area (Å²) in [4.78, 5) is 0. The first-order valence-electron chi connectivity index (χ1n) is 2.92. The van der Waals surface area contributed by atoms with E-state index in [2.05, 4.69) is 10.2 Å². The molecule has 0 amide bonds. The Labute approximate surface area is 57.4 Å². The van der Waals surface area contributed by atoms with Crippen LogP contribution < -0.4 is 0 Å². The van der Waals surface area contributed by atoms with Crippen LogP contribution in [0.15, 0.2) is 33.8 Å². The van der Waals surface area contributed by atoms with Crippen LogP contribution in [0.4, 0.5) is 0 Å². The van der Waals surface area contributed by atoms with Gasteiger partial charge in [0, 0.05) is 0 Å². The predicted molar refractivity (Wildman–Crippen MR) is 34.7 cm³/mol. The van der Waals surface area contributed by atoms with E-state index in [1.165, 1.54) is 0 Å². The van der Waals surface area contributed by atoms with Crippen molar-refractivity contribution in [3.8, 4) is 0 Å². The second-order valence-corrected chi connectivity index (χ2v) is 1.98. The summed E-state index contributed by atoms with van der Waals surface area (Å²) in [6.45, 7) is 0.520. The highest BCUT2D eigenvalue weighted by Crippen LogP contribution is 2.21. The van der Waals surface area contributed by atoms with Gasteiger partial charge in [-0.3, -0.25) is 5.41 Å². The van der Waals surface area contributed by atoms with Gasteiger partial charge in [-0.25, -0.2) is 0 Å². The number of allylic oxidation sites excluding steroid dienone is 1. The quantitative estimate of drug-likeness (QED) is 0.533. The van der Waals surface area contributed by atoms with Crippen LogP contribution in [0, 0.1) is 5.41 Å². The molecule has 2 aliphatic heterocycles. The van der Waals surface area contributed by atoms with Crippen molar-refractivity contribution in [2.75, 3.05) is 6.61 Å². The van der Waals surface area contributed by atoms with E-state index in [9.17, 15) is 0 Å². The highest BCUT2D eigenvalue weighted by molar-refractivity contribution is 5.97. The monoisotopic (exact) mass is 135 g/mol. The second-order valence-electron chi connectivity index (χ2n) is 1.98. The van der Waals surface area contributed by atoms with Crippen molar-refractivity contribution in [2.24, 2.45) is 10.2 Å². The van der Waals surface area contributed by atoms with Crippen LogP contribution in [-0.2, 0) is 4.74 Å². The summed E-state index contributed by atoms with van der Waals surface area (Å²) >= 11 is 0. The van der Waals surface area contributed by atoms with E-state index in [-0.39, 0.29) is 5.84 Å². The van der Waals surface area contributed by atoms with Gasteiger partial charge in [0.25, 0.3) is 0 Å². The van der Waals surface area contributed by atoms with E-state index in [1.54, 1.807) is 0 Å². The largest absolute Gasteiger partial charge is 0.483 e. The molecule has 50 valence electrons. The van der Waals surface area contributed by atoms with Crippen LogP contribution in [0.5, 0.6) is 0 Å². The zero-order valence-electron chi connectivity index (χ0n) is 5.16. The maximum atomic E-state index is 7.20. The van der Waals surface area contributed by atoms with E-state index in [1.807, 2.05) is 12.2 Å². The molecule has 0 bridgehead atoms. The molecule has 0 aromatic rings. The molecule has 0 aromatic heterocycles. The number of amidine groups is 1. The molecule has 10 heavy (non-hydrogen) atoms. The summed E-state index contributed by atoms with van der Waals surface area (Å²) < 4.78 is 5.09. The predicted octanol–water partition coefficient (Wildman–Crippen LogP) is 1.23. The summed E-state index contributed by atoms with van der Waals surface area (Å²) in [7, 11) is 0. The Hall–Kier alpha value is -1.45. The molecule has 0 spiro atoms. The fraction of sp³-hybridized carbons (Fsp3) is 0.167. The maximum Gasteiger partial charge on any atom is 0.211 e. The SMILES string of the molecule is N=C1N=NC2=C1OCC=C2. The summed E-state index contributed by atoms with van der Waals surface area (Å²) in [6, 6.07) is 0. The van der Waals surface area contributed by atoms with Gasteiger partial charge in [-0.05, 0) is 12.2 Å². The summed E-state index contributed by atoms with van der Waals surface area (Å²) in [5, 5.41) is 14.4. The van der Waals surface area contributed by atoms with Gasteiger partial charge in [-0.1, -0.05) is 0 Å². The Morgan fingerprint density at radius 1 is 1.50 bits per heavy atom. The van der Waals surface area contributed by atoms with E-state index >= 15 is 0 Å². The van der Waals surface area contributed by atoms with Crippen LogP contribution in [0.1, 0.15) is 0 Å². The molecule has 0 aliphatic carbocycles. The van der Waals surface area contributed by atoms with Gasteiger partial charge in [0.2, 0.25) is 5.84 Å². The first-order chi connectivity index (χ1) is 4.88. The number of ether oxygens (including phenoxy) is 1. The number of azo groups is 1. The lowest BCUT2D eigenvalue weighted by Gasteiger charge is -2.06. The topological polar surface area (TPSA) is 57.8 Å². The minimum Gasteiger partial charge on any atom is -0.483 e. The van der Waals surface area contributed by atoms with Crippen molar-refractivity contribution in [3.05, 3.63) is 23.6 Å². The van der Waals surface area contributed by atoms with Gasteiger partial charge in [-0.15, -0.1) is 10.2 Å². The Bertz CT molecular complexity index is 275. The van der Waals surface area contributed by atoms with E-state index < -0.39 is 0 Å². The van der Waals surface area contributed by atoms with Gasteiger partial charge >= 0.3 is 0 Å². The average Bonchev–Trinajstić information content (AvgIpc) is 2.34. The molecule has 0 radical (unpaired) electrons. The third-order valence-electron chi connectivity index (χ3n) is 1.31. The third kappa shape index (κ3) is 0.586. The first kappa shape index (κ1) is 5.34. The molecule has 0 atom stereocenters. The normalized spacial score (nSPS) is 21.4. The van der Waals surface area contributed by atoms with E-state index in [0.717, 1.165) is 0 Å². The number of rotatable bonds is 0. The fourth-order valence-corrected chi connectivity index (χ4v) is 0.859. The number of nitrogens with zero attached hydrogens (tertiary/aromatic N) is 2. The summed E-state index contributed by atoms with van der Waals surface area (Å²) in [5.41, 5.74) is 0.663. The molecule has 1 N–H and O–H groups in total. The molecule has 4 nitrogen and oxygen atoms in total. The Kier molecular flexibility index (Phi) is 0.943. The molecule has 2 rings (SSSR count). The fourth-order valence-electron chi connectivity index (χ4n) is 0.859. The van der Waals surface area contributed by atoms with Gasteiger partial charge in [0.1, 0.15) is 12.3 Å². The summed E-state index contributed by atoms with van der Waals surface area (Å²) in [6.07, 6.45) is 3.65. The van der Waals surface area contributed by atoms with Crippen molar-refractivity contribution in [2.45, 2.75) is 0 Å². The van der Waals surface area contributed by atoms with Crippen molar-refractivity contribution in [1.82, 2.24) is 0 Å². The van der Waals surface area contributed by atoms with Crippen LogP contribution >= 0.6 is 0 Å². The molecule has 4 heteroatoms. The van der Waals surface area contributed by atoms with Gasteiger partial charge in [0.05, 0.1) is 0 Å². The Morgan fingerprint density at radius 2 is 2.40 bits per heavy atom. The van der Waals surface area contributed by atoms with Crippen LogP contribution in [-0.4, -0.2) is 12.4 Å². The third-order valence-corrected chi connectivity index (χ3v) is 1.31. The molecule has 2 heterocycles. The van der Waals surface area contributed by atoms with Crippen molar-refractivity contribution in [1.29, 1.82) is 5.41 Å². The van der Waals surface area contributed by atoms with Crippen LogP contribution in [0.2, 0.25) is 0 Å². The molecule has 0 aromatic carbocycles. The van der Waals surface area contributed by atoms with Crippen molar-refractivity contribution >= 4 is 5.84 Å². The zero-order valence-corrected chi connectivity index (χ0v) is 5.16. The minimum absolute atomic E-state index is 0.124. The van der Waals surface area contributed by atoms with Gasteiger partial charge in [-0.2, -0.15) is 0 Å². The molecule has 0 saturated heterocycles. The standard InChI is InChI=1S/C6H5N3O/c7-6-5-4(8-9-6)2-1-3-10-5/h1-2,7H,3H2. The molecule has 0 fully saturated rings. The maximum absolute atomic E-state index is 7.20. The number of hydrogen-bond donors (Lipinski definition) is 1. The van der Waals surface area contributed by atoms with Crippen LogP contribution in [0.25, 0.3) is 0 Å². The molecular weight excluding hydrogens is 130 g/mol. The van der Waals surface area contributed by atoms with E-state index in [4.69, 9.17) is 10.1 Å². The molecule has 0 unspecified atom stereocenters. The highest BCUT2D eigenvalue weighted by atomic mass is 16.5. The van der Waals surface area contributed by atoms with Crippen LogP contribution in [0.3, 0.4) is 0 Å². The van der Waals surface area contributed by atoms with Gasteiger partial charge in [0.15, 0.2) is 5.76 Å². The zero-order chi connectivity index (χ0) is 6.97. The number of hydrogen-bond acceptors (Lipinski definition) is 3. The average molecular weight is 135 g/mol. The highest BCUT2D eigenvalue weighted by Gasteiger charge is 2.19. The Morgan fingerprint density at radius 3 is 3.20 bits per heavy atom. The number of nitrogens with one attached hydrogen (secondary N) is 1.